The Bertz CT molecular complexity index is 1270. The van der Waals surface area contributed by atoms with E-state index in [2.05, 4.69) is 52.0 Å². The molecule has 2 heterocycles. The van der Waals surface area contributed by atoms with E-state index in [1.807, 2.05) is 6.07 Å². The average Bonchev–Trinajstić information content (AvgIpc) is 3.16. The molecule has 1 N–H and O–H groups in total. The van der Waals surface area contributed by atoms with Crippen LogP contribution in [-0.4, -0.2) is 40.5 Å². The van der Waals surface area contributed by atoms with Crippen molar-refractivity contribution in [1.82, 2.24) is 14.6 Å². The Balaban J connectivity index is 1.49. The van der Waals surface area contributed by atoms with Gasteiger partial charge in [0.05, 0.1) is 25.4 Å². The van der Waals surface area contributed by atoms with E-state index in [1.54, 1.807) is 32.4 Å². The van der Waals surface area contributed by atoms with Crippen molar-refractivity contribution in [2.24, 2.45) is 0 Å². The van der Waals surface area contributed by atoms with E-state index in [0.717, 1.165) is 21.9 Å². The second-order valence-corrected chi connectivity index (χ2v) is 8.25. The van der Waals surface area contributed by atoms with Crippen LogP contribution in [0.15, 0.2) is 47.6 Å². The standard InChI is InChI=1S/C23H24N4O3S/c1-14-6-5-7-17-15(2)12-20-25-26-23(27(20)22(14)17)31-11-10-21(28)24-18-9-8-16(29-3)13-19(18)30-4/h5-9,12-13H,10-11H2,1-4H3,(H,24,28). The summed E-state index contributed by atoms with van der Waals surface area (Å²) < 4.78 is 12.6. The van der Waals surface area contributed by atoms with Crippen molar-refractivity contribution in [2.75, 3.05) is 25.3 Å². The number of thioether (sulfide) groups is 1. The SMILES string of the molecule is COc1ccc(NC(=O)CCSc2nnc3cc(C)c4cccc(C)c4n23)c(OC)c1. The van der Waals surface area contributed by atoms with Crippen molar-refractivity contribution in [3.05, 3.63) is 53.6 Å². The van der Waals surface area contributed by atoms with E-state index in [4.69, 9.17) is 9.47 Å². The Kier molecular flexibility index (Phi) is 5.99. The molecule has 0 aliphatic rings. The quantitative estimate of drug-likeness (QED) is 0.425. The fraction of sp³-hybridized carbons (Fsp3) is 0.261. The maximum absolute atomic E-state index is 12.5. The van der Waals surface area contributed by atoms with Gasteiger partial charge in [-0.25, -0.2) is 0 Å². The van der Waals surface area contributed by atoms with Crippen LogP contribution in [0.25, 0.3) is 16.6 Å². The Morgan fingerprint density at radius 1 is 1.06 bits per heavy atom. The lowest BCUT2D eigenvalue weighted by atomic mass is 10.1. The highest BCUT2D eigenvalue weighted by atomic mass is 32.2. The number of hydrogen-bond acceptors (Lipinski definition) is 6. The number of methoxy groups -OCH3 is 2. The van der Waals surface area contributed by atoms with Crippen molar-refractivity contribution in [3.8, 4) is 11.5 Å². The number of ether oxygens (including phenoxy) is 2. The molecule has 0 bridgehead atoms. The number of rotatable bonds is 7. The van der Waals surface area contributed by atoms with Crippen molar-refractivity contribution < 1.29 is 14.3 Å². The minimum Gasteiger partial charge on any atom is -0.497 e. The summed E-state index contributed by atoms with van der Waals surface area (Å²) in [7, 11) is 3.15. The fourth-order valence-electron chi connectivity index (χ4n) is 3.57. The van der Waals surface area contributed by atoms with Crippen LogP contribution in [0.5, 0.6) is 11.5 Å². The van der Waals surface area contributed by atoms with Gasteiger partial charge in [0.1, 0.15) is 11.5 Å². The van der Waals surface area contributed by atoms with Gasteiger partial charge >= 0.3 is 0 Å². The third-order valence-corrected chi connectivity index (χ3v) is 6.06. The summed E-state index contributed by atoms with van der Waals surface area (Å²) in [6, 6.07) is 13.6. The zero-order chi connectivity index (χ0) is 22.0. The molecule has 31 heavy (non-hydrogen) atoms. The third kappa shape index (κ3) is 4.16. The molecule has 0 aliphatic heterocycles. The number of nitrogens with zero attached hydrogens (tertiary/aromatic N) is 3. The maximum atomic E-state index is 12.5. The van der Waals surface area contributed by atoms with E-state index in [-0.39, 0.29) is 5.91 Å². The number of hydrogen-bond donors (Lipinski definition) is 1. The molecular weight excluding hydrogens is 412 g/mol. The number of pyridine rings is 1. The fourth-order valence-corrected chi connectivity index (χ4v) is 4.46. The number of aryl methyl sites for hydroxylation is 2. The molecular formula is C23H24N4O3S. The molecule has 4 aromatic rings. The number of carbonyl (C=O) groups excluding carboxylic acids is 1. The minimum absolute atomic E-state index is 0.0957. The van der Waals surface area contributed by atoms with Crippen LogP contribution in [-0.2, 0) is 4.79 Å². The topological polar surface area (TPSA) is 77.8 Å². The first-order valence-electron chi connectivity index (χ1n) is 9.90. The summed E-state index contributed by atoms with van der Waals surface area (Å²) >= 11 is 1.52. The first-order valence-corrected chi connectivity index (χ1v) is 10.9. The first kappa shape index (κ1) is 21.0. The second kappa shape index (κ2) is 8.85. The molecule has 0 spiro atoms. The lowest BCUT2D eigenvalue weighted by Gasteiger charge is -2.12. The number of aromatic nitrogens is 3. The number of para-hydroxylation sites is 1. The van der Waals surface area contributed by atoms with Crippen molar-refractivity contribution in [1.29, 1.82) is 0 Å². The van der Waals surface area contributed by atoms with Gasteiger partial charge in [0.15, 0.2) is 10.8 Å². The largest absolute Gasteiger partial charge is 0.497 e. The summed E-state index contributed by atoms with van der Waals surface area (Å²) in [6.07, 6.45) is 0.331. The molecule has 0 saturated heterocycles. The molecule has 0 aliphatic carbocycles. The second-order valence-electron chi connectivity index (χ2n) is 7.19. The third-order valence-electron chi connectivity index (χ3n) is 5.13. The number of fused-ring (bicyclic) bond motifs is 3. The zero-order valence-electron chi connectivity index (χ0n) is 17.9. The molecule has 2 aromatic carbocycles. The van der Waals surface area contributed by atoms with Crippen molar-refractivity contribution >= 4 is 39.9 Å². The summed E-state index contributed by atoms with van der Waals surface area (Å²) in [5.41, 5.74) is 4.87. The van der Waals surface area contributed by atoms with Crippen molar-refractivity contribution in [3.63, 3.8) is 0 Å². The van der Waals surface area contributed by atoms with Crippen LogP contribution >= 0.6 is 11.8 Å². The molecule has 2 aromatic heterocycles. The monoisotopic (exact) mass is 436 g/mol. The Morgan fingerprint density at radius 3 is 2.68 bits per heavy atom. The molecule has 4 rings (SSSR count). The summed E-state index contributed by atoms with van der Waals surface area (Å²) in [6.45, 7) is 4.17. The normalized spacial score (nSPS) is 11.1. The predicted octanol–water partition coefficient (Wildman–Crippen LogP) is 4.64. The van der Waals surface area contributed by atoms with E-state index in [9.17, 15) is 4.79 Å². The van der Waals surface area contributed by atoms with E-state index in [1.165, 1.54) is 22.7 Å². The van der Waals surface area contributed by atoms with Crippen LogP contribution < -0.4 is 14.8 Å². The van der Waals surface area contributed by atoms with Gasteiger partial charge in [-0.1, -0.05) is 30.0 Å². The molecule has 0 atom stereocenters. The maximum Gasteiger partial charge on any atom is 0.225 e. The Labute approximate surface area is 184 Å². The lowest BCUT2D eigenvalue weighted by molar-refractivity contribution is -0.115. The summed E-state index contributed by atoms with van der Waals surface area (Å²) in [5.74, 6) is 1.71. The summed E-state index contributed by atoms with van der Waals surface area (Å²) in [5, 5.41) is 13.6. The Hall–Kier alpha value is -3.26. The van der Waals surface area contributed by atoms with Crippen LogP contribution in [0.3, 0.4) is 0 Å². The van der Waals surface area contributed by atoms with Crippen molar-refractivity contribution in [2.45, 2.75) is 25.4 Å². The van der Waals surface area contributed by atoms with Crippen LogP contribution in [0.2, 0.25) is 0 Å². The Morgan fingerprint density at radius 2 is 1.90 bits per heavy atom. The van der Waals surface area contributed by atoms with E-state index in [0.29, 0.717) is 29.4 Å². The average molecular weight is 437 g/mol. The van der Waals surface area contributed by atoms with Gasteiger partial charge in [-0.3, -0.25) is 9.20 Å². The first-order chi connectivity index (χ1) is 15.0. The van der Waals surface area contributed by atoms with Crippen LogP contribution in [0.4, 0.5) is 5.69 Å². The molecule has 7 nitrogen and oxygen atoms in total. The lowest BCUT2D eigenvalue weighted by Crippen LogP contribution is -2.13. The predicted molar refractivity (Wildman–Crippen MR) is 123 cm³/mol. The van der Waals surface area contributed by atoms with Crippen LogP contribution in [0, 0.1) is 13.8 Å². The minimum atomic E-state index is -0.0957. The van der Waals surface area contributed by atoms with E-state index >= 15 is 0 Å². The van der Waals surface area contributed by atoms with Gasteiger partial charge in [-0.15, -0.1) is 10.2 Å². The van der Waals surface area contributed by atoms with Gasteiger partial charge in [0.2, 0.25) is 5.91 Å². The molecule has 0 saturated carbocycles. The van der Waals surface area contributed by atoms with Gasteiger partial charge in [0, 0.05) is 23.6 Å². The van der Waals surface area contributed by atoms with Crippen LogP contribution in [0.1, 0.15) is 17.5 Å². The molecule has 0 radical (unpaired) electrons. The smallest absolute Gasteiger partial charge is 0.225 e. The van der Waals surface area contributed by atoms with E-state index < -0.39 is 0 Å². The van der Waals surface area contributed by atoms with Gasteiger partial charge in [0.25, 0.3) is 0 Å². The zero-order valence-corrected chi connectivity index (χ0v) is 18.7. The number of amides is 1. The number of carbonyl (C=O) groups is 1. The molecule has 1 amide bonds. The van der Waals surface area contributed by atoms with Gasteiger partial charge in [-0.2, -0.15) is 0 Å². The highest BCUT2D eigenvalue weighted by Crippen LogP contribution is 2.30. The molecule has 160 valence electrons. The van der Waals surface area contributed by atoms with Gasteiger partial charge < -0.3 is 14.8 Å². The number of nitrogens with one attached hydrogen (secondary N) is 1. The highest BCUT2D eigenvalue weighted by Gasteiger charge is 2.14. The number of benzene rings is 2. The highest BCUT2D eigenvalue weighted by molar-refractivity contribution is 7.99. The summed E-state index contributed by atoms with van der Waals surface area (Å²) in [4.78, 5) is 12.5. The molecule has 0 fully saturated rings. The van der Waals surface area contributed by atoms with Gasteiger partial charge in [-0.05, 0) is 43.2 Å². The number of anilines is 1. The molecule has 8 heteroatoms. The molecule has 0 unspecified atom stereocenters.